The maximum atomic E-state index is 10.7. The highest BCUT2D eigenvalue weighted by molar-refractivity contribution is 7.84. The Bertz CT molecular complexity index is 148. The Morgan fingerprint density at radius 2 is 2.30 bits per heavy atom. The van der Waals surface area contributed by atoms with Crippen molar-refractivity contribution in [2.24, 2.45) is 0 Å². The number of amides is 1. The third kappa shape index (κ3) is 3.45. The molecule has 0 saturated heterocycles. The minimum atomic E-state index is -1.12. The van der Waals surface area contributed by atoms with Gasteiger partial charge in [0.2, 0.25) is 0 Å². The maximum absolute atomic E-state index is 10.7. The molecule has 0 aromatic heterocycles. The van der Waals surface area contributed by atoms with E-state index in [1.165, 1.54) is 6.26 Å². The normalized spacial score (nSPS) is 15.8. The van der Waals surface area contributed by atoms with Gasteiger partial charge in [-0.2, -0.15) is 0 Å². The molecule has 2 unspecified atom stereocenters. The highest BCUT2D eigenvalue weighted by atomic mass is 32.2. The van der Waals surface area contributed by atoms with Crippen molar-refractivity contribution in [3.05, 3.63) is 0 Å². The molecule has 5 heteroatoms. The van der Waals surface area contributed by atoms with E-state index in [1.807, 2.05) is 0 Å². The second-order valence-electron chi connectivity index (χ2n) is 1.84. The van der Waals surface area contributed by atoms with Gasteiger partial charge < -0.3 is 10.4 Å². The molecule has 0 fully saturated rings. The summed E-state index contributed by atoms with van der Waals surface area (Å²) in [5.74, 6) is 0. The average molecular weight is 165 g/mol. The molecule has 0 aliphatic heterocycles. The predicted octanol–water partition coefficient (Wildman–Crippen LogP) is 0.369. The summed E-state index contributed by atoms with van der Waals surface area (Å²) >= 11 is 0. The first-order chi connectivity index (χ1) is 4.57. The molecule has 0 aliphatic rings. The Morgan fingerprint density at radius 1 is 1.80 bits per heavy atom. The van der Waals surface area contributed by atoms with Crippen LogP contribution in [0.2, 0.25) is 0 Å². The second kappa shape index (κ2) is 4.27. The summed E-state index contributed by atoms with van der Waals surface area (Å²) < 4.78 is 10.7. The Kier molecular flexibility index (Phi) is 4.02. The maximum Gasteiger partial charge on any atom is 0.405 e. The van der Waals surface area contributed by atoms with E-state index in [9.17, 15) is 9.00 Å². The minimum absolute atomic E-state index is 0.433. The Balaban J connectivity index is 3.83. The summed E-state index contributed by atoms with van der Waals surface area (Å²) in [5, 5.41) is 9.93. The molecule has 0 aromatic carbocycles. The van der Waals surface area contributed by atoms with Gasteiger partial charge in [-0.25, -0.2) is 4.79 Å². The SMILES string of the molecule is CCC(NC(=O)O)S(C)=O. The molecule has 10 heavy (non-hydrogen) atoms. The minimum Gasteiger partial charge on any atom is -0.465 e. The van der Waals surface area contributed by atoms with Gasteiger partial charge >= 0.3 is 6.09 Å². The van der Waals surface area contributed by atoms with Crippen LogP contribution in [0.15, 0.2) is 0 Å². The summed E-state index contributed by atoms with van der Waals surface area (Å²) in [6, 6.07) is 0. The average Bonchev–Trinajstić information content (AvgIpc) is 1.81. The van der Waals surface area contributed by atoms with Crippen LogP contribution in [-0.4, -0.2) is 27.0 Å². The largest absolute Gasteiger partial charge is 0.465 e. The van der Waals surface area contributed by atoms with Crippen LogP contribution in [0, 0.1) is 0 Å². The molecule has 0 spiro atoms. The molecule has 1 amide bonds. The van der Waals surface area contributed by atoms with Gasteiger partial charge in [-0.05, 0) is 6.42 Å². The van der Waals surface area contributed by atoms with Gasteiger partial charge in [0, 0.05) is 17.1 Å². The molecule has 60 valence electrons. The molecule has 0 bridgehead atoms. The first-order valence-electron chi connectivity index (χ1n) is 2.89. The van der Waals surface area contributed by atoms with Crippen molar-refractivity contribution in [3.8, 4) is 0 Å². The van der Waals surface area contributed by atoms with Gasteiger partial charge in [0.15, 0.2) is 0 Å². The van der Waals surface area contributed by atoms with Crippen molar-refractivity contribution in [2.45, 2.75) is 18.7 Å². The Labute approximate surface area is 62.1 Å². The summed E-state index contributed by atoms with van der Waals surface area (Å²) in [5.41, 5.74) is 0. The first-order valence-corrected chi connectivity index (χ1v) is 4.51. The zero-order chi connectivity index (χ0) is 8.15. The Morgan fingerprint density at radius 3 is 2.40 bits per heavy atom. The first kappa shape index (κ1) is 9.42. The van der Waals surface area contributed by atoms with Crippen LogP contribution in [0.1, 0.15) is 13.3 Å². The lowest BCUT2D eigenvalue weighted by Gasteiger charge is -2.10. The third-order valence-corrected chi connectivity index (χ3v) is 2.31. The van der Waals surface area contributed by atoms with Gasteiger partial charge in [0.05, 0.1) is 0 Å². The molecular formula is C5H11NO3S. The van der Waals surface area contributed by atoms with E-state index in [1.54, 1.807) is 6.92 Å². The molecule has 0 aliphatic carbocycles. The van der Waals surface area contributed by atoms with Crippen molar-refractivity contribution in [2.75, 3.05) is 6.26 Å². The van der Waals surface area contributed by atoms with Crippen LogP contribution in [0.3, 0.4) is 0 Å². The fraction of sp³-hybridized carbons (Fsp3) is 0.800. The van der Waals surface area contributed by atoms with Crippen LogP contribution >= 0.6 is 0 Å². The van der Waals surface area contributed by atoms with E-state index in [2.05, 4.69) is 5.32 Å². The summed E-state index contributed by atoms with van der Waals surface area (Å²) in [7, 11) is -1.12. The van der Waals surface area contributed by atoms with Gasteiger partial charge in [-0.15, -0.1) is 0 Å². The van der Waals surface area contributed by atoms with Crippen molar-refractivity contribution in [1.29, 1.82) is 0 Å². The molecule has 2 N–H and O–H groups in total. The van der Waals surface area contributed by atoms with Crippen LogP contribution in [-0.2, 0) is 10.8 Å². The highest BCUT2D eigenvalue weighted by Crippen LogP contribution is 1.94. The van der Waals surface area contributed by atoms with E-state index in [-0.39, 0.29) is 0 Å². The quantitative estimate of drug-likeness (QED) is 0.635. The third-order valence-electron chi connectivity index (χ3n) is 1.06. The zero-order valence-electron chi connectivity index (χ0n) is 5.96. The van der Waals surface area contributed by atoms with Gasteiger partial charge in [-0.3, -0.25) is 4.21 Å². The lowest BCUT2D eigenvalue weighted by atomic mass is 10.5. The van der Waals surface area contributed by atoms with E-state index in [0.717, 1.165) is 0 Å². The molecule has 0 rings (SSSR count). The number of carboxylic acid groups (broad SMARTS) is 1. The predicted molar refractivity (Wildman–Crippen MR) is 39.3 cm³/mol. The number of hydrogen-bond acceptors (Lipinski definition) is 2. The second-order valence-corrected chi connectivity index (χ2v) is 3.41. The van der Waals surface area contributed by atoms with Crippen molar-refractivity contribution < 1.29 is 14.1 Å². The molecule has 0 radical (unpaired) electrons. The number of rotatable bonds is 3. The standard InChI is InChI=1S/C5H11NO3S/c1-3-4(10(2)9)6-5(7)8/h4,6H,3H2,1-2H3,(H,7,8). The molecule has 4 nitrogen and oxygen atoms in total. The fourth-order valence-electron chi connectivity index (χ4n) is 0.557. The molecule has 0 saturated carbocycles. The fourth-order valence-corrected chi connectivity index (χ4v) is 1.29. The van der Waals surface area contributed by atoms with Gasteiger partial charge in [0.25, 0.3) is 0 Å². The van der Waals surface area contributed by atoms with Crippen LogP contribution in [0.25, 0.3) is 0 Å². The monoisotopic (exact) mass is 165 g/mol. The van der Waals surface area contributed by atoms with Crippen molar-refractivity contribution in [1.82, 2.24) is 5.32 Å². The van der Waals surface area contributed by atoms with Crippen LogP contribution in [0.5, 0.6) is 0 Å². The number of nitrogens with one attached hydrogen (secondary N) is 1. The van der Waals surface area contributed by atoms with E-state index in [0.29, 0.717) is 6.42 Å². The van der Waals surface area contributed by atoms with Gasteiger partial charge in [0.1, 0.15) is 5.37 Å². The number of carbonyl (C=O) groups is 1. The molecule has 0 heterocycles. The zero-order valence-corrected chi connectivity index (χ0v) is 6.77. The molecule has 2 atom stereocenters. The van der Waals surface area contributed by atoms with Crippen molar-refractivity contribution in [3.63, 3.8) is 0 Å². The van der Waals surface area contributed by atoms with Gasteiger partial charge in [-0.1, -0.05) is 6.92 Å². The summed E-state index contributed by atoms with van der Waals surface area (Å²) in [4.78, 5) is 10.0. The Hall–Kier alpha value is -0.580. The molecule has 0 aromatic rings. The lowest BCUT2D eigenvalue weighted by Crippen LogP contribution is -2.35. The molecular weight excluding hydrogens is 154 g/mol. The topological polar surface area (TPSA) is 66.4 Å². The number of hydrogen-bond donors (Lipinski definition) is 2. The van der Waals surface area contributed by atoms with E-state index in [4.69, 9.17) is 5.11 Å². The highest BCUT2D eigenvalue weighted by Gasteiger charge is 2.11. The smallest absolute Gasteiger partial charge is 0.405 e. The summed E-state index contributed by atoms with van der Waals surface area (Å²) in [6.45, 7) is 1.78. The van der Waals surface area contributed by atoms with Crippen molar-refractivity contribution >= 4 is 16.9 Å². The summed E-state index contributed by atoms with van der Waals surface area (Å²) in [6.07, 6.45) is 0.904. The van der Waals surface area contributed by atoms with E-state index < -0.39 is 22.3 Å². The van der Waals surface area contributed by atoms with Crippen LogP contribution in [0.4, 0.5) is 4.79 Å². The lowest BCUT2D eigenvalue weighted by molar-refractivity contribution is 0.193. The van der Waals surface area contributed by atoms with E-state index >= 15 is 0 Å². The van der Waals surface area contributed by atoms with Crippen LogP contribution < -0.4 is 5.32 Å².